The molecule has 2 N–H and O–H groups in total. The first-order valence-electron chi connectivity index (χ1n) is 6.85. The van der Waals surface area contributed by atoms with Gasteiger partial charge in [0.15, 0.2) is 0 Å². The fourth-order valence-corrected chi connectivity index (χ4v) is 4.27. The van der Waals surface area contributed by atoms with E-state index < -0.39 is 0 Å². The molecule has 2 unspecified atom stereocenters. The smallest absolute Gasteiger partial charge is 0.0772 e. The predicted octanol–water partition coefficient (Wildman–Crippen LogP) is 2.29. The minimum atomic E-state index is 0.447. The molecule has 0 bridgehead atoms. The van der Waals surface area contributed by atoms with Crippen LogP contribution in [0, 0.1) is 23.7 Å². The van der Waals surface area contributed by atoms with Crippen LogP contribution in [0.4, 0.5) is 0 Å². The third-order valence-corrected chi connectivity index (χ3v) is 5.14. The lowest BCUT2D eigenvalue weighted by Gasteiger charge is -2.15. The Labute approximate surface area is 113 Å². The first-order valence-corrected chi connectivity index (χ1v) is 7.67. The van der Waals surface area contributed by atoms with Crippen LogP contribution in [-0.2, 0) is 6.54 Å². The Kier molecular flexibility index (Phi) is 3.69. The SMILES string of the molecule is NCC#Cc1ccc(CN2CC3CCCC3C2)s1. The van der Waals surface area contributed by atoms with Gasteiger partial charge in [0.2, 0.25) is 0 Å². The van der Waals surface area contributed by atoms with E-state index in [0.717, 1.165) is 23.3 Å². The van der Waals surface area contributed by atoms with Crippen molar-refractivity contribution in [3.05, 3.63) is 21.9 Å². The fraction of sp³-hybridized carbons (Fsp3) is 0.600. The molecule has 1 saturated heterocycles. The summed E-state index contributed by atoms with van der Waals surface area (Å²) >= 11 is 1.82. The summed E-state index contributed by atoms with van der Waals surface area (Å²) in [7, 11) is 0. The standard InChI is InChI=1S/C15H20N2S/c16-8-2-5-14-6-7-15(18-14)11-17-9-12-3-1-4-13(12)10-17/h6-7,12-13H,1,3-4,8-11,16H2. The highest BCUT2D eigenvalue weighted by atomic mass is 32.1. The number of hydrogen-bond donors (Lipinski definition) is 1. The van der Waals surface area contributed by atoms with Crippen LogP contribution in [-0.4, -0.2) is 24.5 Å². The maximum absolute atomic E-state index is 5.39. The molecule has 2 nitrogen and oxygen atoms in total. The van der Waals surface area contributed by atoms with E-state index in [1.807, 2.05) is 11.3 Å². The number of rotatable bonds is 2. The molecule has 1 aliphatic carbocycles. The number of likely N-dealkylation sites (tertiary alicyclic amines) is 1. The van der Waals surface area contributed by atoms with Crippen molar-refractivity contribution in [1.82, 2.24) is 4.90 Å². The zero-order valence-electron chi connectivity index (χ0n) is 10.7. The minimum absolute atomic E-state index is 0.447. The van der Waals surface area contributed by atoms with Crippen LogP contribution in [0.15, 0.2) is 12.1 Å². The summed E-state index contributed by atoms with van der Waals surface area (Å²) in [6.45, 7) is 4.18. The molecule has 2 heterocycles. The van der Waals surface area contributed by atoms with E-state index in [1.165, 1.54) is 37.2 Å². The minimum Gasteiger partial charge on any atom is -0.320 e. The molecule has 18 heavy (non-hydrogen) atoms. The van der Waals surface area contributed by atoms with Crippen molar-refractivity contribution < 1.29 is 0 Å². The van der Waals surface area contributed by atoms with Crippen molar-refractivity contribution >= 4 is 11.3 Å². The molecule has 3 heteroatoms. The number of nitrogens with two attached hydrogens (primary N) is 1. The van der Waals surface area contributed by atoms with Gasteiger partial charge in [0, 0.05) is 24.5 Å². The fourth-order valence-electron chi connectivity index (χ4n) is 3.35. The number of hydrogen-bond acceptors (Lipinski definition) is 3. The summed E-state index contributed by atoms with van der Waals surface area (Å²) in [4.78, 5) is 5.21. The first kappa shape index (κ1) is 12.2. The maximum atomic E-state index is 5.39. The van der Waals surface area contributed by atoms with Gasteiger partial charge in [0.25, 0.3) is 0 Å². The van der Waals surface area contributed by atoms with Crippen molar-refractivity contribution in [2.24, 2.45) is 17.6 Å². The summed E-state index contributed by atoms with van der Waals surface area (Å²) in [5.74, 6) is 8.01. The van der Waals surface area contributed by atoms with Gasteiger partial charge in [-0.1, -0.05) is 18.3 Å². The van der Waals surface area contributed by atoms with Crippen LogP contribution in [0.3, 0.4) is 0 Å². The molecule has 1 aliphatic heterocycles. The number of thiophene rings is 1. The van der Waals surface area contributed by atoms with Gasteiger partial charge in [-0.3, -0.25) is 4.90 Å². The zero-order chi connectivity index (χ0) is 12.4. The summed E-state index contributed by atoms with van der Waals surface area (Å²) in [6, 6.07) is 4.35. The van der Waals surface area contributed by atoms with Gasteiger partial charge in [-0.05, 0) is 36.8 Å². The van der Waals surface area contributed by atoms with E-state index >= 15 is 0 Å². The Balaban J connectivity index is 1.58. The maximum Gasteiger partial charge on any atom is 0.0772 e. The predicted molar refractivity (Wildman–Crippen MR) is 76.4 cm³/mol. The molecule has 0 spiro atoms. The van der Waals surface area contributed by atoms with Gasteiger partial charge < -0.3 is 5.73 Å². The van der Waals surface area contributed by atoms with E-state index in [4.69, 9.17) is 5.73 Å². The second-order valence-electron chi connectivity index (χ2n) is 5.42. The Bertz CT molecular complexity index is 456. The molecule has 0 radical (unpaired) electrons. The molecule has 1 aromatic heterocycles. The summed E-state index contributed by atoms with van der Waals surface area (Å²) in [5, 5.41) is 0. The van der Waals surface area contributed by atoms with E-state index in [2.05, 4.69) is 28.9 Å². The average molecular weight is 260 g/mol. The molecule has 1 aromatic rings. The Morgan fingerprint density at radius 1 is 1.28 bits per heavy atom. The summed E-state index contributed by atoms with van der Waals surface area (Å²) in [6.07, 6.45) is 4.37. The van der Waals surface area contributed by atoms with Crippen molar-refractivity contribution in [1.29, 1.82) is 0 Å². The molecule has 2 fully saturated rings. The summed E-state index contributed by atoms with van der Waals surface area (Å²) < 4.78 is 0. The van der Waals surface area contributed by atoms with Gasteiger partial charge in [0.05, 0.1) is 11.4 Å². The van der Waals surface area contributed by atoms with Crippen molar-refractivity contribution in [2.45, 2.75) is 25.8 Å². The second-order valence-corrected chi connectivity index (χ2v) is 6.59. The monoisotopic (exact) mass is 260 g/mol. The highest BCUT2D eigenvalue weighted by Gasteiger charge is 2.35. The summed E-state index contributed by atoms with van der Waals surface area (Å²) in [5.41, 5.74) is 5.39. The lowest BCUT2D eigenvalue weighted by Crippen LogP contribution is -2.20. The molecule has 0 aromatic carbocycles. The van der Waals surface area contributed by atoms with Gasteiger partial charge >= 0.3 is 0 Å². The van der Waals surface area contributed by atoms with Crippen LogP contribution >= 0.6 is 11.3 Å². The van der Waals surface area contributed by atoms with Crippen LogP contribution < -0.4 is 5.73 Å². The molecule has 96 valence electrons. The van der Waals surface area contributed by atoms with Gasteiger partial charge in [-0.15, -0.1) is 11.3 Å². The number of nitrogens with zero attached hydrogens (tertiary/aromatic N) is 1. The number of fused-ring (bicyclic) bond motifs is 1. The lowest BCUT2D eigenvalue weighted by atomic mass is 10.0. The average Bonchev–Trinajstić information content (AvgIpc) is 3.02. The van der Waals surface area contributed by atoms with E-state index in [-0.39, 0.29) is 0 Å². The van der Waals surface area contributed by atoms with Crippen LogP contribution in [0.5, 0.6) is 0 Å². The molecule has 1 saturated carbocycles. The lowest BCUT2D eigenvalue weighted by molar-refractivity contribution is 0.306. The van der Waals surface area contributed by atoms with E-state index in [9.17, 15) is 0 Å². The molecule has 2 atom stereocenters. The molecule has 0 amide bonds. The first-order chi connectivity index (χ1) is 8.85. The van der Waals surface area contributed by atoms with E-state index in [0.29, 0.717) is 6.54 Å². The van der Waals surface area contributed by atoms with Crippen LogP contribution in [0.2, 0.25) is 0 Å². The molecular formula is C15H20N2S. The quantitative estimate of drug-likeness (QED) is 0.827. The van der Waals surface area contributed by atoms with Crippen molar-refractivity contribution in [3.63, 3.8) is 0 Å². The molecule has 2 aliphatic rings. The highest BCUT2D eigenvalue weighted by Crippen LogP contribution is 2.38. The molecular weight excluding hydrogens is 240 g/mol. The Morgan fingerprint density at radius 3 is 2.78 bits per heavy atom. The second kappa shape index (κ2) is 5.44. The van der Waals surface area contributed by atoms with E-state index in [1.54, 1.807) is 0 Å². The zero-order valence-corrected chi connectivity index (χ0v) is 11.5. The van der Waals surface area contributed by atoms with Gasteiger partial charge in [-0.25, -0.2) is 0 Å². The highest BCUT2D eigenvalue weighted by molar-refractivity contribution is 7.12. The Hall–Kier alpha value is -0.820. The topological polar surface area (TPSA) is 29.3 Å². The van der Waals surface area contributed by atoms with Crippen LogP contribution in [0.25, 0.3) is 0 Å². The largest absolute Gasteiger partial charge is 0.320 e. The third kappa shape index (κ3) is 2.61. The van der Waals surface area contributed by atoms with Crippen molar-refractivity contribution in [3.8, 4) is 11.8 Å². The molecule has 3 rings (SSSR count). The van der Waals surface area contributed by atoms with Gasteiger partial charge in [-0.2, -0.15) is 0 Å². The third-order valence-electron chi connectivity index (χ3n) is 4.16. The normalized spacial score (nSPS) is 26.9. The van der Waals surface area contributed by atoms with Crippen molar-refractivity contribution in [2.75, 3.05) is 19.6 Å². The Morgan fingerprint density at radius 2 is 2.06 bits per heavy atom. The van der Waals surface area contributed by atoms with Gasteiger partial charge in [0.1, 0.15) is 0 Å². The van der Waals surface area contributed by atoms with Crippen LogP contribution in [0.1, 0.15) is 29.0 Å².